The first kappa shape index (κ1) is 11.4. The van der Waals surface area contributed by atoms with Crippen LogP contribution in [0.2, 0.25) is 0 Å². The molecular formula is C12H21ClN2. The van der Waals surface area contributed by atoms with Crippen LogP contribution in [-0.2, 0) is 0 Å². The molecule has 1 N–H and O–H groups in total. The zero-order chi connectivity index (χ0) is 10.7. The second-order valence-electron chi connectivity index (χ2n) is 4.84. The van der Waals surface area contributed by atoms with Gasteiger partial charge in [-0.1, -0.05) is 24.1 Å². The van der Waals surface area contributed by atoms with E-state index in [1.54, 1.807) is 5.54 Å². The molecule has 0 aromatic heterocycles. The fraction of sp³-hybridized carbons (Fsp3) is 0.833. The zero-order valence-electron chi connectivity index (χ0n) is 9.45. The fourth-order valence-electron chi connectivity index (χ4n) is 3.06. The Morgan fingerprint density at radius 1 is 1.33 bits per heavy atom. The second-order valence-corrected chi connectivity index (χ2v) is 5.09. The van der Waals surface area contributed by atoms with Crippen molar-refractivity contribution in [3.05, 3.63) is 11.6 Å². The first-order valence-electron chi connectivity index (χ1n) is 6.02. The number of halogens is 1. The van der Waals surface area contributed by atoms with Crippen LogP contribution in [0.1, 0.15) is 32.1 Å². The summed E-state index contributed by atoms with van der Waals surface area (Å²) in [5, 5.41) is 3.57. The van der Waals surface area contributed by atoms with Gasteiger partial charge in [0.05, 0.1) is 0 Å². The van der Waals surface area contributed by atoms with Gasteiger partial charge in [0, 0.05) is 30.2 Å². The van der Waals surface area contributed by atoms with Gasteiger partial charge in [-0.25, -0.2) is 0 Å². The highest BCUT2D eigenvalue weighted by atomic mass is 35.5. The number of rotatable bonds is 3. The first-order chi connectivity index (χ1) is 7.31. The molecule has 0 amide bonds. The van der Waals surface area contributed by atoms with E-state index in [0.29, 0.717) is 6.04 Å². The number of piperidine rings is 2. The summed E-state index contributed by atoms with van der Waals surface area (Å²) in [7, 11) is 2.30. The van der Waals surface area contributed by atoms with Crippen LogP contribution >= 0.6 is 11.6 Å². The van der Waals surface area contributed by atoms with Crippen molar-refractivity contribution in [2.24, 2.45) is 0 Å². The molecule has 3 heteroatoms. The summed E-state index contributed by atoms with van der Waals surface area (Å²) in [6.07, 6.45) is 8.79. The molecule has 2 heterocycles. The maximum atomic E-state index is 5.51. The van der Waals surface area contributed by atoms with E-state index in [2.05, 4.69) is 17.3 Å². The van der Waals surface area contributed by atoms with Crippen molar-refractivity contribution < 1.29 is 0 Å². The van der Waals surface area contributed by atoms with Gasteiger partial charge in [0.15, 0.2) is 0 Å². The molecule has 2 fully saturated rings. The van der Waals surface area contributed by atoms with Gasteiger partial charge in [0.1, 0.15) is 0 Å². The van der Waals surface area contributed by atoms with Crippen molar-refractivity contribution in [2.45, 2.75) is 50.2 Å². The molecular weight excluding hydrogens is 208 g/mol. The van der Waals surface area contributed by atoms with Crippen LogP contribution in [0.3, 0.4) is 0 Å². The van der Waals surface area contributed by atoms with Gasteiger partial charge in [-0.15, -0.1) is 0 Å². The van der Waals surface area contributed by atoms with E-state index in [0.717, 1.165) is 18.6 Å². The minimum atomic E-state index is 0.698. The summed E-state index contributed by atoms with van der Waals surface area (Å²) in [6.45, 7) is 0.914. The van der Waals surface area contributed by atoms with E-state index in [9.17, 15) is 0 Å². The molecule has 2 atom stereocenters. The van der Waals surface area contributed by atoms with Crippen LogP contribution in [0.15, 0.2) is 11.6 Å². The third-order valence-corrected chi connectivity index (χ3v) is 4.13. The molecule has 2 nitrogen and oxygen atoms in total. The molecule has 0 aromatic carbocycles. The molecule has 0 radical (unpaired) electrons. The van der Waals surface area contributed by atoms with Crippen molar-refractivity contribution in [3.8, 4) is 0 Å². The number of hydrogen-bond acceptors (Lipinski definition) is 2. The van der Waals surface area contributed by atoms with Crippen molar-refractivity contribution in [3.63, 3.8) is 0 Å². The summed E-state index contributed by atoms with van der Waals surface area (Å²) in [5.41, 5.74) is 1.60. The van der Waals surface area contributed by atoms with E-state index in [-0.39, 0.29) is 0 Å². The second kappa shape index (κ2) is 5.33. The average Bonchev–Trinajstić information content (AvgIpc) is 2.19. The van der Waals surface area contributed by atoms with Crippen molar-refractivity contribution in [1.82, 2.24) is 10.2 Å². The lowest BCUT2D eigenvalue weighted by molar-refractivity contribution is 0.0495. The standard InChI is InChI=1S/C12H21ClN2/c1-15-11-4-2-5-12(15)9-10(8-11)14-7-3-6-13/h3,6,10-12,14H,2,4-5,7-9H2,1H3/b6-3+. The largest absolute Gasteiger partial charge is 0.310 e. The first-order valence-corrected chi connectivity index (χ1v) is 6.45. The predicted molar refractivity (Wildman–Crippen MR) is 65.2 cm³/mol. The Morgan fingerprint density at radius 3 is 2.60 bits per heavy atom. The minimum absolute atomic E-state index is 0.698. The van der Waals surface area contributed by atoms with Gasteiger partial charge in [-0.2, -0.15) is 0 Å². The fourth-order valence-corrected chi connectivity index (χ4v) is 3.15. The molecule has 0 aliphatic carbocycles. The molecule has 0 saturated carbocycles. The Bertz CT molecular complexity index is 216. The average molecular weight is 229 g/mol. The van der Waals surface area contributed by atoms with Gasteiger partial charge in [-0.3, -0.25) is 0 Å². The monoisotopic (exact) mass is 228 g/mol. The van der Waals surface area contributed by atoms with Crippen LogP contribution in [0.4, 0.5) is 0 Å². The molecule has 0 aromatic rings. The highest BCUT2D eigenvalue weighted by molar-refractivity contribution is 6.25. The Balaban J connectivity index is 1.84. The number of fused-ring (bicyclic) bond motifs is 2. The number of nitrogens with one attached hydrogen (secondary N) is 1. The minimum Gasteiger partial charge on any atom is -0.310 e. The smallest absolute Gasteiger partial charge is 0.0149 e. The lowest BCUT2D eigenvalue weighted by Gasteiger charge is -2.47. The molecule has 2 bridgehead atoms. The van der Waals surface area contributed by atoms with E-state index >= 15 is 0 Å². The Morgan fingerprint density at radius 2 is 2.00 bits per heavy atom. The summed E-state index contributed by atoms with van der Waals surface area (Å²) < 4.78 is 0. The molecule has 2 unspecified atom stereocenters. The topological polar surface area (TPSA) is 15.3 Å². The zero-order valence-corrected chi connectivity index (χ0v) is 10.2. The molecule has 2 saturated heterocycles. The molecule has 86 valence electrons. The Kier molecular flexibility index (Phi) is 4.06. The van der Waals surface area contributed by atoms with Gasteiger partial charge in [-0.05, 0) is 32.7 Å². The highest BCUT2D eigenvalue weighted by Crippen LogP contribution is 2.32. The maximum absolute atomic E-state index is 5.51. The van der Waals surface area contributed by atoms with Crippen LogP contribution < -0.4 is 5.32 Å². The lowest BCUT2D eigenvalue weighted by atomic mass is 9.82. The number of hydrogen-bond donors (Lipinski definition) is 1. The Labute approximate surface area is 97.7 Å². The van der Waals surface area contributed by atoms with E-state index in [1.165, 1.54) is 32.1 Å². The molecule has 15 heavy (non-hydrogen) atoms. The van der Waals surface area contributed by atoms with Crippen LogP contribution in [0, 0.1) is 0 Å². The van der Waals surface area contributed by atoms with Gasteiger partial charge < -0.3 is 10.2 Å². The molecule has 0 spiro atoms. The SMILES string of the molecule is CN1C2CCCC1CC(NC/C=C/Cl)C2. The summed E-state index contributed by atoms with van der Waals surface area (Å²) in [6, 6.07) is 2.33. The third-order valence-electron chi connectivity index (χ3n) is 3.95. The molecule has 2 aliphatic rings. The molecule has 2 aliphatic heterocycles. The molecule has 2 rings (SSSR count). The summed E-state index contributed by atoms with van der Waals surface area (Å²) >= 11 is 5.51. The van der Waals surface area contributed by atoms with Crippen molar-refractivity contribution in [2.75, 3.05) is 13.6 Å². The third kappa shape index (κ3) is 2.74. The predicted octanol–water partition coefficient (Wildman–Crippen LogP) is 2.34. The summed E-state index contributed by atoms with van der Waals surface area (Å²) in [4.78, 5) is 2.60. The Hall–Kier alpha value is -0.0500. The van der Waals surface area contributed by atoms with Gasteiger partial charge in [0.2, 0.25) is 0 Å². The maximum Gasteiger partial charge on any atom is 0.0149 e. The van der Waals surface area contributed by atoms with Gasteiger partial charge in [0.25, 0.3) is 0 Å². The van der Waals surface area contributed by atoms with Crippen LogP contribution in [-0.4, -0.2) is 36.6 Å². The van der Waals surface area contributed by atoms with E-state index in [4.69, 9.17) is 11.6 Å². The highest BCUT2D eigenvalue weighted by Gasteiger charge is 2.35. The normalized spacial score (nSPS) is 37.3. The quantitative estimate of drug-likeness (QED) is 0.798. The van der Waals surface area contributed by atoms with Crippen LogP contribution in [0.25, 0.3) is 0 Å². The summed E-state index contributed by atoms with van der Waals surface area (Å²) in [5.74, 6) is 0. The van der Waals surface area contributed by atoms with Crippen LogP contribution in [0.5, 0.6) is 0 Å². The van der Waals surface area contributed by atoms with E-state index < -0.39 is 0 Å². The van der Waals surface area contributed by atoms with Gasteiger partial charge >= 0.3 is 0 Å². The van der Waals surface area contributed by atoms with Crippen molar-refractivity contribution in [1.29, 1.82) is 0 Å². The number of nitrogens with zero attached hydrogens (tertiary/aromatic N) is 1. The lowest BCUT2D eigenvalue weighted by Crippen LogP contribution is -2.54. The van der Waals surface area contributed by atoms with E-state index in [1.807, 2.05) is 6.08 Å². The van der Waals surface area contributed by atoms with Crippen molar-refractivity contribution >= 4 is 11.6 Å².